The number of carbonyl (C=O) groups is 1. The van der Waals surface area contributed by atoms with Gasteiger partial charge in [-0.05, 0) is 18.8 Å². The molecule has 0 heterocycles. The maximum absolute atomic E-state index is 10.4. The minimum Gasteiger partial charge on any atom is -0.481 e. The second-order valence-corrected chi connectivity index (χ2v) is 5.73. The van der Waals surface area contributed by atoms with Crippen molar-refractivity contribution in [1.29, 1.82) is 0 Å². The van der Waals surface area contributed by atoms with Crippen molar-refractivity contribution in [2.45, 2.75) is 84.0 Å². The highest BCUT2D eigenvalue weighted by Crippen LogP contribution is 2.17. The van der Waals surface area contributed by atoms with Gasteiger partial charge in [0.05, 0.1) is 0 Å². The van der Waals surface area contributed by atoms with Crippen LogP contribution in [0.2, 0.25) is 0 Å². The molecule has 3 heteroatoms. The maximum Gasteiger partial charge on any atom is 0.303 e. The van der Waals surface area contributed by atoms with Crippen molar-refractivity contribution >= 4 is 5.97 Å². The van der Waals surface area contributed by atoms with E-state index in [4.69, 9.17) is 10.2 Å². The quantitative estimate of drug-likeness (QED) is 0.461. The lowest BCUT2D eigenvalue weighted by molar-refractivity contribution is -0.137. The maximum atomic E-state index is 10.4. The Labute approximate surface area is 118 Å². The molecule has 0 aromatic rings. The van der Waals surface area contributed by atoms with Crippen LogP contribution in [0.25, 0.3) is 0 Å². The first-order chi connectivity index (χ1) is 9.16. The summed E-state index contributed by atoms with van der Waals surface area (Å²) in [6.07, 6.45) is 13.3. The van der Waals surface area contributed by atoms with Crippen LogP contribution in [0, 0.1) is 5.92 Å². The molecule has 1 unspecified atom stereocenters. The number of aliphatic hydroxyl groups excluding tert-OH is 1. The van der Waals surface area contributed by atoms with Crippen molar-refractivity contribution < 1.29 is 15.0 Å². The molecule has 1 atom stereocenters. The van der Waals surface area contributed by atoms with Crippen LogP contribution in [0.1, 0.15) is 84.0 Å². The topological polar surface area (TPSA) is 57.5 Å². The van der Waals surface area contributed by atoms with Gasteiger partial charge in [-0.2, -0.15) is 0 Å². The van der Waals surface area contributed by atoms with Gasteiger partial charge >= 0.3 is 5.97 Å². The third kappa shape index (κ3) is 15.4. The molecule has 2 N–H and O–H groups in total. The molecule has 0 aliphatic carbocycles. The van der Waals surface area contributed by atoms with Crippen molar-refractivity contribution in [1.82, 2.24) is 0 Å². The van der Waals surface area contributed by atoms with E-state index in [1.807, 2.05) is 0 Å². The van der Waals surface area contributed by atoms with Crippen LogP contribution in [0.15, 0.2) is 0 Å². The Morgan fingerprint density at radius 3 is 1.84 bits per heavy atom. The van der Waals surface area contributed by atoms with Crippen molar-refractivity contribution in [3.05, 3.63) is 0 Å². The number of unbranched alkanes of at least 4 members (excludes halogenated alkanes) is 7. The van der Waals surface area contributed by atoms with Crippen molar-refractivity contribution in [3.63, 3.8) is 0 Å². The highest BCUT2D eigenvalue weighted by atomic mass is 16.4. The summed E-state index contributed by atoms with van der Waals surface area (Å²) in [7, 11) is 0. The molecular formula is C16H32O3. The fourth-order valence-corrected chi connectivity index (χ4v) is 2.41. The number of hydrogen-bond acceptors (Lipinski definition) is 2. The van der Waals surface area contributed by atoms with E-state index in [0.29, 0.717) is 18.9 Å². The largest absolute Gasteiger partial charge is 0.481 e. The summed E-state index contributed by atoms with van der Waals surface area (Å²) in [6, 6.07) is 0. The van der Waals surface area contributed by atoms with Crippen molar-refractivity contribution in [2.24, 2.45) is 5.92 Å². The van der Waals surface area contributed by atoms with Crippen LogP contribution in [0.5, 0.6) is 0 Å². The summed E-state index contributed by atoms with van der Waals surface area (Å²) in [5.41, 5.74) is 0. The molecule has 0 aliphatic heterocycles. The van der Waals surface area contributed by atoms with Gasteiger partial charge in [0.25, 0.3) is 0 Å². The average molecular weight is 272 g/mol. The van der Waals surface area contributed by atoms with E-state index in [9.17, 15) is 4.79 Å². The first kappa shape index (κ1) is 18.4. The molecule has 0 fully saturated rings. The summed E-state index contributed by atoms with van der Waals surface area (Å²) >= 11 is 0. The number of carboxylic acid groups (broad SMARTS) is 1. The molecule has 0 aromatic carbocycles. The Bertz CT molecular complexity index is 204. The zero-order chi connectivity index (χ0) is 14.3. The molecule has 0 radical (unpaired) electrons. The summed E-state index contributed by atoms with van der Waals surface area (Å²) < 4.78 is 0. The molecule has 0 rings (SSSR count). The molecule has 19 heavy (non-hydrogen) atoms. The minimum atomic E-state index is -0.673. The monoisotopic (exact) mass is 272 g/mol. The predicted octanol–water partition coefficient (Wildman–Crippen LogP) is 4.38. The molecule has 3 nitrogen and oxygen atoms in total. The Kier molecular flexibility index (Phi) is 13.4. The van der Waals surface area contributed by atoms with Gasteiger partial charge in [0.2, 0.25) is 0 Å². The van der Waals surface area contributed by atoms with E-state index in [-0.39, 0.29) is 0 Å². The highest BCUT2D eigenvalue weighted by Gasteiger charge is 2.04. The van der Waals surface area contributed by atoms with Crippen LogP contribution in [-0.2, 0) is 4.79 Å². The SMILES string of the molecule is CC(CCCCCCCCCCO)CCCC(=O)O. The van der Waals surface area contributed by atoms with Gasteiger partial charge in [0.15, 0.2) is 0 Å². The van der Waals surface area contributed by atoms with E-state index in [0.717, 1.165) is 25.7 Å². The normalized spacial score (nSPS) is 12.5. The van der Waals surface area contributed by atoms with Crippen LogP contribution in [0.3, 0.4) is 0 Å². The fourth-order valence-electron chi connectivity index (χ4n) is 2.41. The summed E-state index contributed by atoms with van der Waals surface area (Å²) in [6.45, 7) is 2.57. The van der Waals surface area contributed by atoms with Gasteiger partial charge < -0.3 is 10.2 Å². The highest BCUT2D eigenvalue weighted by molar-refractivity contribution is 5.66. The van der Waals surface area contributed by atoms with Gasteiger partial charge in [-0.3, -0.25) is 4.79 Å². The van der Waals surface area contributed by atoms with Crippen LogP contribution < -0.4 is 0 Å². The lowest BCUT2D eigenvalue weighted by atomic mass is 9.96. The third-order valence-corrected chi connectivity index (χ3v) is 3.69. The molecule has 0 bridgehead atoms. The van der Waals surface area contributed by atoms with E-state index >= 15 is 0 Å². The van der Waals surface area contributed by atoms with E-state index in [1.165, 1.54) is 44.9 Å². The third-order valence-electron chi connectivity index (χ3n) is 3.69. The van der Waals surface area contributed by atoms with Crippen LogP contribution >= 0.6 is 0 Å². The van der Waals surface area contributed by atoms with Gasteiger partial charge in [-0.15, -0.1) is 0 Å². The fraction of sp³-hybridized carbons (Fsp3) is 0.938. The number of carboxylic acids is 1. The van der Waals surface area contributed by atoms with Gasteiger partial charge in [0.1, 0.15) is 0 Å². The lowest BCUT2D eigenvalue weighted by Crippen LogP contribution is -1.99. The number of hydrogen-bond donors (Lipinski definition) is 2. The van der Waals surface area contributed by atoms with Crippen molar-refractivity contribution in [2.75, 3.05) is 6.61 Å². The molecule has 0 saturated heterocycles. The Hall–Kier alpha value is -0.570. The minimum absolute atomic E-state index is 0.318. The molecule has 0 aliphatic rings. The second-order valence-electron chi connectivity index (χ2n) is 5.73. The number of aliphatic carboxylic acids is 1. The first-order valence-electron chi connectivity index (χ1n) is 7.99. The summed E-state index contributed by atoms with van der Waals surface area (Å²) in [4.78, 5) is 10.4. The van der Waals surface area contributed by atoms with Gasteiger partial charge in [0, 0.05) is 13.0 Å². The van der Waals surface area contributed by atoms with Crippen LogP contribution in [-0.4, -0.2) is 22.8 Å². The van der Waals surface area contributed by atoms with E-state index in [2.05, 4.69) is 6.92 Å². The standard InChI is InChI=1S/C16H32O3/c1-15(12-10-13-16(18)19)11-8-6-4-2-3-5-7-9-14-17/h15,17H,2-14H2,1H3,(H,18,19). The zero-order valence-corrected chi connectivity index (χ0v) is 12.6. The molecular weight excluding hydrogens is 240 g/mol. The number of aliphatic hydroxyl groups is 1. The van der Waals surface area contributed by atoms with Crippen molar-refractivity contribution in [3.8, 4) is 0 Å². The molecule has 0 amide bonds. The molecule has 114 valence electrons. The summed E-state index contributed by atoms with van der Waals surface area (Å²) in [5.74, 6) is -0.00250. The van der Waals surface area contributed by atoms with Gasteiger partial charge in [-0.1, -0.05) is 64.7 Å². The number of rotatable bonds is 14. The molecule has 0 saturated carbocycles. The van der Waals surface area contributed by atoms with Gasteiger partial charge in [-0.25, -0.2) is 0 Å². The molecule has 0 aromatic heterocycles. The van der Waals surface area contributed by atoms with E-state index in [1.54, 1.807) is 0 Å². The Morgan fingerprint density at radius 2 is 1.32 bits per heavy atom. The average Bonchev–Trinajstić information content (AvgIpc) is 2.36. The summed E-state index contributed by atoms with van der Waals surface area (Å²) in [5, 5.41) is 17.2. The molecule has 0 spiro atoms. The Balaban J connectivity index is 3.14. The van der Waals surface area contributed by atoms with Crippen LogP contribution in [0.4, 0.5) is 0 Å². The first-order valence-corrected chi connectivity index (χ1v) is 7.99. The smallest absolute Gasteiger partial charge is 0.303 e. The predicted molar refractivity (Wildman–Crippen MR) is 79.3 cm³/mol. The second kappa shape index (κ2) is 13.9. The Morgan fingerprint density at radius 1 is 0.842 bits per heavy atom. The van der Waals surface area contributed by atoms with E-state index < -0.39 is 5.97 Å². The lowest BCUT2D eigenvalue weighted by Gasteiger charge is -2.10. The zero-order valence-electron chi connectivity index (χ0n) is 12.6.